The van der Waals surface area contributed by atoms with Crippen molar-refractivity contribution in [2.45, 2.75) is 6.04 Å². The van der Waals surface area contributed by atoms with Crippen LogP contribution in [0.15, 0.2) is 41.1 Å². The Balaban J connectivity index is 1.74. The molecule has 0 unspecified atom stereocenters. The van der Waals surface area contributed by atoms with Gasteiger partial charge in [0.15, 0.2) is 11.6 Å². The number of fused-ring (bicyclic) bond motifs is 1. The van der Waals surface area contributed by atoms with Gasteiger partial charge in [-0.3, -0.25) is 0 Å². The number of benzene rings is 1. The van der Waals surface area contributed by atoms with Gasteiger partial charge in [0.1, 0.15) is 17.7 Å². The van der Waals surface area contributed by atoms with Crippen molar-refractivity contribution < 1.29 is 4.39 Å². The standard InChI is InChI=1S/C16H14BrFN6/c17-10-2-1-3-11(14(10)18)22-16-15-12(20-8-21-16)4-5-13(23-15)24-6-9(19)7-24/h1-5,8-9H,6-7,19H2,(H,20,21,22). The molecule has 2 aromatic heterocycles. The average molecular weight is 389 g/mol. The number of rotatable bonds is 3. The summed E-state index contributed by atoms with van der Waals surface area (Å²) in [7, 11) is 0. The van der Waals surface area contributed by atoms with Crippen molar-refractivity contribution in [3.8, 4) is 0 Å². The molecule has 6 nitrogen and oxygen atoms in total. The molecule has 3 heterocycles. The van der Waals surface area contributed by atoms with Gasteiger partial charge >= 0.3 is 0 Å². The highest BCUT2D eigenvalue weighted by atomic mass is 79.9. The van der Waals surface area contributed by atoms with E-state index in [1.165, 1.54) is 6.33 Å². The molecule has 0 spiro atoms. The molecule has 0 radical (unpaired) electrons. The first-order valence-electron chi connectivity index (χ1n) is 7.45. The first-order chi connectivity index (χ1) is 11.6. The van der Waals surface area contributed by atoms with Crippen LogP contribution in [0.3, 0.4) is 0 Å². The summed E-state index contributed by atoms with van der Waals surface area (Å²) in [4.78, 5) is 15.2. The van der Waals surface area contributed by atoms with Crippen LogP contribution in [0.2, 0.25) is 0 Å². The lowest BCUT2D eigenvalue weighted by Gasteiger charge is -2.37. The van der Waals surface area contributed by atoms with Crippen LogP contribution in [-0.2, 0) is 0 Å². The first kappa shape index (κ1) is 15.2. The Morgan fingerprint density at radius 2 is 2.04 bits per heavy atom. The minimum Gasteiger partial charge on any atom is -0.353 e. The van der Waals surface area contributed by atoms with Gasteiger partial charge in [0.2, 0.25) is 0 Å². The van der Waals surface area contributed by atoms with Gasteiger partial charge in [0, 0.05) is 19.1 Å². The summed E-state index contributed by atoms with van der Waals surface area (Å²) in [6.07, 6.45) is 1.43. The van der Waals surface area contributed by atoms with Gasteiger partial charge in [-0.1, -0.05) is 6.07 Å². The van der Waals surface area contributed by atoms with E-state index in [1.807, 2.05) is 12.1 Å². The highest BCUT2D eigenvalue weighted by Gasteiger charge is 2.24. The highest BCUT2D eigenvalue weighted by Crippen LogP contribution is 2.28. The van der Waals surface area contributed by atoms with E-state index >= 15 is 0 Å². The maximum atomic E-state index is 14.2. The van der Waals surface area contributed by atoms with Crippen LogP contribution in [0.25, 0.3) is 11.0 Å². The topological polar surface area (TPSA) is 80.0 Å². The predicted molar refractivity (Wildman–Crippen MR) is 94.9 cm³/mol. The maximum Gasteiger partial charge on any atom is 0.160 e. The van der Waals surface area contributed by atoms with Gasteiger partial charge in [-0.05, 0) is 40.2 Å². The first-order valence-corrected chi connectivity index (χ1v) is 8.24. The third kappa shape index (κ3) is 2.67. The van der Waals surface area contributed by atoms with E-state index in [1.54, 1.807) is 18.2 Å². The van der Waals surface area contributed by atoms with E-state index in [2.05, 4.69) is 41.1 Å². The van der Waals surface area contributed by atoms with Crippen LogP contribution in [0.1, 0.15) is 0 Å². The normalized spacial score (nSPS) is 14.7. The van der Waals surface area contributed by atoms with Crippen molar-refractivity contribution >= 4 is 44.3 Å². The summed E-state index contributed by atoms with van der Waals surface area (Å²) in [6, 6.07) is 9.01. The smallest absolute Gasteiger partial charge is 0.160 e. The van der Waals surface area contributed by atoms with Crippen molar-refractivity contribution in [2.24, 2.45) is 5.73 Å². The molecule has 24 heavy (non-hydrogen) atoms. The summed E-state index contributed by atoms with van der Waals surface area (Å²) in [5.74, 6) is 0.898. The minimum absolute atomic E-state index is 0.183. The molecule has 1 aliphatic rings. The Morgan fingerprint density at radius 1 is 1.21 bits per heavy atom. The molecule has 0 amide bonds. The molecular formula is C16H14BrFN6. The number of nitrogens with zero attached hydrogens (tertiary/aromatic N) is 4. The Labute approximate surface area is 146 Å². The monoisotopic (exact) mass is 388 g/mol. The van der Waals surface area contributed by atoms with Gasteiger partial charge in [-0.25, -0.2) is 19.3 Å². The van der Waals surface area contributed by atoms with E-state index in [-0.39, 0.29) is 11.9 Å². The van der Waals surface area contributed by atoms with Crippen LogP contribution in [0.4, 0.5) is 21.7 Å². The fraction of sp³-hybridized carbons (Fsp3) is 0.188. The van der Waals surface area contributed by atoms with Crippen molar-refractivity contribution in [1.82, 2.24) is 15.0 Å². The molecule has 4 rings (SSSR count). The number of nitrogens with one attached hydrogen (secondary N) is 1. The van der Waals surface area contributed by atoms with E-state index < -0.39 is 0 Å². The molecule has 0 atom stereocenters. The molecule has 1 fully saturated rings. The molecular weight excluding hydrogens is 375 g/mol. The van der Waals surface area contributed by atoms with Gasteiger partial charge in [0.05, 0.1) is 15.7 Å². The lowest BCUT2D eigenvalue weighted by molar-refractivity contribution is 0.515. The van der Waals surface area contributed by atoms with Crippen molar-refractivity contribution in [3.63, 3.8) is 0 Å². The summed E-state index contributed by atoms with van der Waals surface area (Å²) in [6.45, 7) is 1.55. The second-order valence-corrected chi connectivity index (χ2v) is 6.51. The second kappa shape index (κ2) is 5.95. The Hall–Kier alpha value is -2.32. The SMILES string of the molecule is NC1CN(c2ccc3ncnc(Nc4cccc(Br)c4F)c3n2)C1. The average Bonchev–Trinajstić information content (AvgIpc) is 2.56. The molecule has 0 bridgehead atoms. The Bertz CT molecular complexity index is 912. The minimum atomic E-state index is -0.380. The molecule has 1 saturated heterocycles. The predicted octanol–water partition coefficient (Wildman–Crippen LogP) is 2.82. The lowest BCUT2D eigenvalue weighted by Crippen LogP contribution is -2.56. The van der Waals surface area contributed by atoms with Crippen LogP contribution >= 0.6 is 15.9 Å². The molecule has 0 aliphatic carbocycles. The van der Waals surface area contributed by atoms with Crippen molar-refractivity contribution in [2.75, 3.05) is 23.3 Å². The molecule has 1 aromatic carbocycles. The molecule has 122 valence electrons. The number of halogens is 2. The van der Waals surface area contributed by atoms with Gasteiger partial charge < -0.3 is 16.0 Å². The third-order valence-electron chi connectivity index (χ3n) is 3.91. The van der Waals surface area contributed by atoms with Crippen LogP contribution in [0, 0.1) is 5.82 Å². The van der Waals surface area contributed by atoms with Crippen LogP contribution < -0.4 is 16.0 Å². The largest absolute Gasteiger partial charge is 0.353 e. The van der Waals surface area contributed by atoms with Crippen LogP contribution in [0.5, 0.6) is 0 Å². The number of anilines is 3. The van der Waals surface area contributed by atoms with E-state index in [9.17, 15) is 4.39 Å². The zero-order chi connectivity index (χ0) is 16.7. The quantitative estimate of drug-likeness (QED) is 0.717. The Kier molecular flexibility index (Phi) is 3.78. The molecule has 8 heteroatoms. The van der Waals surface area contributed by atoms with Gasteiger partial charge in [0.25, 0.3) is 0 Å². The van der Waals surface area contributed by atoms with Crippen molar-refractivity contribution in [3.05, 3.63) is 46.9 Å². The lowest BCUT2D eigenvalue weighted by atomic mass is 10.1. The fourth-order valence-electron chi connectivity index (χ4n) is 2.63. The molecule has 3 N–H and O–H groups in total. The highest BCUT2D eigenvalue weighted by molar-refractivity contribution is 9.10. The van der Waals surface area contributed by atoms with Gasteiger partial charge in [-0.2, -0.15) is 0 Å². The van der Waals surface area contributed by atoms with E-state index in [4.69, 9.17) is 5.73 Å². The van der Waals surface area contributed by atoms with Gasteiger partial charge in [-0.15, -0.1) is 0 Å². The summed E-state index contributed by atoms with van der Waals surface area (Å²) >= 11 is 3.18. The van der Waals surface area contributed by atoms with E-state index in [0.717, 1.165) is 18.9 Å². The zero-order valence-corrected chi connectivity index (χ0v) is 14.2. The second-order valence-electron chi connectivity index (χ2n) is 5.65. The zero-order valence-electron chi connectivity index (χ0n) is 12.6. The van der Waals surface area contributed by atoms with Crippen molar-refractivity contribution in [1.29, 1.82) is 0 Å². The van der Waals surface area contributed by atoms with Crippen LogP contribution in [-0.4, -0.2) is 34.1 Å². The number of hydrogen-bond donors (Lipinski definition) is 2. The number of hydrogen-bond acceptors (Lipinski definition) is 6. The summed E-state index contributed by atoms with van der Waals surface area (Å²) in [5, 5.41) is 3.01. The summed E-state index contributed by atoms with van der Waals surface area (Å²) in [5.41, 5.74) is 7.43. The van der Waals surface area contributed by atoms with E-state index in [0.29, 0.717) is 27.0 Å². The maximum absolute atomic E-state index is 14.2. The number of aromatic nitrogens is 3. The Morgan fingerprint density at radius 3 is 2.83 bits per heavy atom. The molecule has 3 aromatic rings. The fourth-order valence-corrected chi connectivity index (χ4v) is 2.99. The molecule has 1 aliphatic heterocycles. The third-order valence-corrected chi connectivity index (χ3v) is 4.52. The molecule has 0 saturated carbocycles. The number of pyridine rings is 1. The summed E-state index contributed by atoms with van der Waals surface area (Å²) < 4.78 is 14.6. The number of nitrogens with two attached hydrogens (primary N) is 1.